The van der Waals surface area contributed by atoms with E-state index in [0.29, 0.717) is 17.3 Å². The van der Waals surface area contributed by atoms with Crippen LogP contribution in [0.1, 0.15) is 0 Å². The highest BCUT2D eigenvalue weighted by Gasteiger charge is 2.23. The van der Waals surface area contributed by atoms with Gasteiger partial charge in [0, 0.05) is 11.6 Å². The Morgan fingerprint density at radius 1 is 1.35 bits per heavy atom. The van der Waals surface area contributed by atoms with Gasteiger partial charge in [0.05, 0.1) is 22.8 Å². The fourth-order valence-corrected chi connectivity index (χ4v) is 3.01. The van der Waals surface area contributed by atoms with Crippen LogP contribution in [0.3, 0.4) is 0 Å². The first-order valence-corrected chi connectivity index (χ1v) is 7.38. The Kier molecular flexibility index (Phi) is 3.56. The number of nitrogens with one attached hydrogen (secondary N) is 1. The molecule has 1 fully saturated rings. The van der Waals surface area contributed by atoms with Crippen molar-refractivity contribution in [2.75, 3.05) is 23.5 Å². The molecule has 0 radical (unpaired) electrons. The van der Waals surface area contributed by atoms with E-state index in [0.717, 1.165) is 10.9 Å². The van der Waals surface area contributed by atoms with Crippen LogP contribution < -0.4 is 5.32 Å². The van der Waals surface area contributed by atoms with Gasteiger partial charge < -0.3 is 10.2 Å². The standard InChI is InChI=1S/C14H13N3O2S/c18-12(7-17-9-20-8-13(17)19)16-11-5-1-3-10-4-2-6-15-14(10)11/h1-6H,7-9H2,(H,16,18). The Bertz CT molecular complexity index is 669. The first-order valence-electron chi connectivity index (χ1n) is 6.23. The molecule has 102 valence electrons. The molecule has 1 aromatic carbocycles. The van der Waals surface area contributed by atoms with Gasteiger partial charge in [0.2, 0.25) is 11.8 Å². The monoisotopic (exact) mass is 287 g/mol. The Morgan fingerprint density at radius 3 is 3.00 bits per heavy atom. The quantitative estimate of drug-likeness (QED) is 0.933. The number of pyridine rings is 1. The van der Waals surface area contributed by atoms with Gasteiger partial charge in [0.25, 0.3) is 0 Å². The van der Waals surface area contributed by atoms with Crippen molar-refractivity contribution in [1.82, 2.24) is 9.88 Å². The van der Waals surface area contributed by atoms with Crippen molar-refractivity contribution in [3.8, 4) is 0 Å². The number of carbonyl (C=O) groups excluding carboxylic acids is 2. The molecule has 0 atom stereocenters. The van der Waals surface area contributed by atoms with Crippen molar-refractivity contribution in [1.29, 1.82) is 0 Å². The molecule has 1 aromatic heterocycles. The molecule has 5 nitrogen and oxygen atoms in total. The molecule has 1 aliphatic rings. The lowest BCUT2D eigenvalue weighted by atomic mass is 10.2. The first-order chi connectivity index (χ1) is 9.74. The van der Waals surface area contributed by atoms with Crippen LogP contribution in [-0.4, -0.2) is 39.9 Å². The average molecular weight is 287 g/mol. The number of aromatic nitrogens is 1. The summed E-state index contributed by atoms with van der Waals surface area (Å²) in [5.74, 6) is 0.864. The fraction of sp³-hybridized carbons (Fsp3) is 0.214. The minimum atomic E-state index is -0.195. The van der Waals surface area contributed by atoms with E-state index >= 15 is 0 Å². The molecule has 2 amide bonds. The minimum absolute atomic E-state index is 0.0150. The molecule has 6 heteroatoms. The van der Waals surface area contributed by atoms with Crippen molar-refractivity contribution < 1.29 is 9.59 Å². The normalized spacial score (nSPS) is 14.8. The van der Waals surface area contributed by atoms with E-state index in [-0.39, 0.29) is 18.4 Å². The Morgan fingerprint density at radius 2 is 2.20 bits per heavy atom. The van der Waals surface area contributed by atoms with Crippen LogP contribution in [0.4, 0.5) is 5.69 Å². The van der Waals surface area contributed by atoms with Gasteiger partial charge in [-0.3, -0.25) is 14.6 Å². The van der Waals surface area contributed by atoms with Crippen molar-refractivity contribution in [2.45, 2.75) is 0 Å². The number of amides is 2. The third-order valence-electron chi connectivity index (χ3n) is 3.07. The van der Waals surface area contributed by atoms with Gasteiger partial charge in [-0.1, -0.05) is 18.2 Å². The molecule has 0 saturated carbocycles. The number of para-hydroxylation sites is 1. The Hall–Kier alpha value is -2.08. The highest BCUT2D eigenvalue weighted by molar-refractivity contribution is 8.00. The van der Waals surface area contributed by atoms with Crippen LogP contribution in [0.15, 0.2) is 36.5 Å². The smallest absolute Gasteiger partial charge is 0.244 e. The molecule has 2 aromatic rings. The zero-order valence-corrected chi connectivity index (χ0v) is 11.5. The van der Waals surface area contributed by atoms with Crippen molar-refractivity contribution >= 4 is 40.2 Å². The molecule has 1 saturated heterocycles. The molecule has 20 heavy (non-hydrogen) atoms. The van der Waals surface area contributed by atoms with E-state index in [1.165, 1.54) is 11.8 Å². The predicted molar refractivity (Wildman–Crippen MR) is 79.4 cm³/mol. The van der Waals surface area contributed by atoms with Crippen molar-refractivity contribution in [3.63, 3.8) is 0 Å². The molecule has 1 N–H and O–H groups in total. The van der Waals surface area contributed by atoms with Gasteiger partial charge >= 0.3 is 0 Å². The number of anilines is 1. The molecular formula is C14H13N3O2S. The molecule has 1 aliphatic heterocycles. The number of thioether (sulfide) groups is 1. The summed E-state index contributed by atoms with van der Waals surface area (Å²) in [5, 5.41) is 3.80. The summed E-state index contributed by atoms with van der Waals surface area (Å²) in [5.41, 5.74) is 1.43. The summed E-state index contributed by atoms with van der Waals surface area (Å²) in [6, 6.07) is 9.43. The van der Waals surface area contributed by atoms with Crippen LogP contribution in [0, 0.1) is 0 Å². The number of hydrogen-bond donors (Lipinski definition) is 1. The number of benzene rings is 1. The summed E-state index contributed by atoms with van der Waals surface area (Å²) in [4.78, 5) is 29.3. The molecule has 0 unspecified atom stereocenters. The first kappa shape index (κ1) is 12.9. The summed E-state index contributed by atoms with van der Waals surface area (Å²) in [6.07, 6.45) is 1.69. The largest absolute Gasteiger partial charge is 0.323 e. The van der Waals surface area contributed by atoms with Crippen LogP contribution in [0.25, 0.3) is 10.9 Å². The molecular weight excluding hydrogens is 274 g/mol. The lowest BCUT2D eigenvalue weighted by molar-refractivity contribution is -0.130. The van der Waals surface area contributed by atoms with E-state index in [2.05, 4.69) is 10.3 Å². The van der Waals surface area contributed by atoms with Crippen LogP contribution >= 0.6 is 11.8 Å². The highest BCUT2D eigenvalue weighted by Crippen LogP contribution is 2.21. The number of carbonyl (C=O) groups is 2. The predicted octanol–water partition coefficient (Wildman–Crippen LogP) is 1.71. The van der Waals surface area contributed by atoms with Gasteiger partial charge in [-0.05, 0) is 12.1 Å². The maximum atomic E-state index is 12.0. The maximum absolute atomic E-state index is 12.0. The lowest BCUT2D eigenvalue weighted by Gasteiger charge is -2.14. The number of hydrogen-bond acceptors (Lipinski definition) is 4. The maximum Gasteiger partial charge on any atom is 0.244 e. The van der Waals surface area contributed by atoms with Crippen LogP contribution in [-0.2, 0) is 9.59 Å². The summed E-state index contributed by atoms with van der Waals surface area (Å²) in [7, 11) is 0. The second-order valence-corrected chi connectivity index (χ2v) is 5.45. The number of fused-ring (bicyclic) bond motifs is 1. The van der Waals surface area contributed by atoms with E-state index in [9.17, 15) is 9.59 Å². The number of rotatable bonds is 3. The zero-order chi connectivity index (χ0) is 13.9. The summed E-state index contributed by atoms with van der Waals surface area (Å²) in [6.45, 7) is 0.0923. The second kappa shape index (κ2) is 5.50. The van der Waals surface area contributed by atoms with Gasteiger partial charge in [-0.25, -0.2) is 0 Å². The molecule has 2 heterocycles. The summed E-state index contributed by atoms with van der Waals surface area (Å²) < 4.78 is 0. The SMILES string of the molecule is O=C(CN1CSCC1=O)Nc1cccc2cccnc12. The van der Waals surface area contributed by atoms with Crippen molar-refractivity contribution in [2.24, 2.45) is 0 Å². The molecule has 0 spiro atoms. The van der Waals surface area contributed by atoms with Crippen molar-refractivity contribution in [3.05, 3.63) is 36.5 Å². The second-order valence-electron chi connectivity index (χ2n) is 4.50. The fourth-order valence-electron chi connectivity index (χ4n) is 2.11. The summed E-state index contributed by atoms with van der Waals surface area (Å²) >= 11 is 1.53. The van der Waals surface area contributed by atoms with E-state index in [1.807, 2.05) is 30.3 Å². The van der Waals surface area contributed by atoms with Gasteiger partial charge in [-0.2, -0.15) is 0 Å². The van der Waals surface area contributed by atoms with Gasteiger partial charge in [0.15, 0.2) is 0 Å². The van der Waals surface area contributed by atoms with Crippen LogP contribution in [0.5, 0.6) is 0 Å². The molecule has 0 bridgehead atoms. The average Bonchev–Trinajstić information content (AvgIpc) is 2.85. The lowest BCUT2D eigenvalue weighted by Crippen LogP contribution is -2.34. The molecule has 3 rings (SSSR count). The Labute approximate surface area is 120 Å². The topological polar surface area (TPSA) is 62.3 Å². The minimum Gasteiger partial charge on any atom is -0.323 e. The van der Waals surface area contributed by atoms with Crippen LogP contribution in [0.2, 0.25) is 0 Å². The van der Waals surface area contributed by atoms with E-state index in [4.69, 9.17) is 0 Å². The van der Waals surface area contributed by atoms with E-state index < -0.39 is 0 Å². The highest BCUT2D eigenvalue weighted by atomic mass is 32.2. The van der Waals surface area contributed by atoms with Gasteiger partial charge in [-0.15, -0.1) is 11.8 Å². The third-order valence-corrected chi connectivity index (χ3v) is 4.01. The van der Waals surface area contributed by atoms with E-state index in [1.54, 1.807) is 11.1 Å². The number of nitrogens with zero attached hydrogens (tertiary/aromatic N) is 2. The Balaban J connectivity index is 1.76. The molecule has 0 aliphatic carbocycles. The third kappa shape index (κ3) is 2.60. The van der Waals surface area contributed by atoms with Gasteiger partial charge in [0.1, 0.15) is 6.54 Å². The zero-order valence-electron chi connectivity index (χ0n) is 10.7.